The number of ether oxygens (including phenoxy) is 4. The van der Waals surface area contributed by atoms with E-state index in [4.69, 9.17) is 18.9 Å². The Labute approximate surface area is 389 Å². The first-order valence-electron chi connectivity index (χ1n) is 27.7. The zero-order valence-electron chi connectivity index (χ0n) is 42.3. The summed E-state index contributed by atoms with van der Waals surface area (Å²) in [5.74, 6) is 4.84. The van der Waals surface area contributed by atoms with Gasteiger partial charge in [-0.05, 0) is 156 Å². The topological polar surface area (TPSA) is 57.2 Å². The summed E-state index contributed by atoms with van der Waals surface area (Å²) >= 11 is 0. The molecule has 9 atom stereocenters. The molecular formula is C57H101NO5. The monoisotopic (exact) mass is 880 g/mol. The predicted molar refractivity (Wildman–Crippen MR) is 264 cm³/mol. The van der Waals surface area contributed by atoms with Crippen molar-refractivity contribution in [2.75, 3.05) is 52.7 Å². The summed E-state index contributed by atoms with van der Waals surface area (Å²) in [4.78, 5) is 15.4. The Morgan fingerprint density at radius 3 is 2.22 bits per heavy atom. The second-order valence-electron chi connectivity index (χ2n) is 22.6. The van der Waals surface area contributed by atoms with E-state index in [0.29, 0.717) is 24.0 Å². The number of esters is 1. The molecule has 1 aliphatic heterocycles. The van der Waals surface area contributed by atoms with Crippen molar-refractivity contribution in [1.29, 1.82) is 0 Å². The molecule has 0 bridgehead atoms. The number of nitrogens with zero attached hydrogens (tertiary/aromatic N) is 1. The summed E-state index contributed by atoms with van der Waals surface area (Å²) in [6.07, 6.45) is 44.2. The Morgan fingerprint density at radius 2 is 1.49 bits per heavy atom. The fourth-order valence-corrected chi connectivity index (χ4v) is 13.6. The number of likely N-dealkylation sites (tertiary alicyclic amines) is 1. The van der Waals surface area contributed by atoms with Crippen LogP contribution < -0.4 is 0 Å². The van der Waals surface area contributed by atoms with Crippen molar-refractivity contribution in [3.05, 3.63) is 23.8 Å². The third-order valence-electron chi connectivity index (χ3n) is 17.4. The van der Waals surface area contributed by atoms with Gasteiger partial charge in [-0.1, -0.05) is 149 Å². The number of allylic oxidation sites excluding steroid dienone is 3. The van der Waals surface area contributed by atoms with Crippen LogP contribution in [0.2, 0.25) is 0 Å². The quantitative estimate of drug-likeness (QED) is 0.0381. The summed E-state index contributed by atoms with van der Waals surface area (Å²) < 4.78 is 24.4. The van der Waals surface area contributed by atoms with Crippen LogP contribution in [0, 0.1) is 46.3 Å². The maximum atomic E-state index is 12.9. The molecule has 0 N–H and O–H groups in total. The lowest BCUT2D eigenvalue weighted by atomic mass is 9.47. The molecular weight excluding hydrogens is 779 g/mol. The molecule has 5 rings (SSSR count). The van der Waals surface area contributed by atoms with E-state index < -0.39 is 0 Å². The second kappa shape index (κ2) is 28.9. The molecule has 4 aliphatic carbocycles. The van der Waals surface area contributed by atoms with Crippen LogP contribution in [0.1, 0.15) is 221 Å². The lowest BCUT2D eigenvalue weighted by Crippen LogP contribution is -2.51. The van der Waals surface area contributed by atoms with Crippen molar-refractivity contribution >= 4 is 5.97 Å². The van der Waals surface area contributed by atoms with Crippen LogP contribution in [0.3, 0.4) is 0 Å². The zero-order valence-corrected chi connectivity index (χ0v) is 42.3. The number of unbranched alkanes of at least 4 members (excludes halogenated alkanes) is 12. The number of piperidine rings is 1. The molecule has 364 valence electrons. The molecule has 1 heterocycles. The molecule has 4 fully saturated rings. The highest BCUT2D eigenvalue weighted by molar-refractivity contribution is 5.70. The zero-order chi connectivity index (χ0) is 44.8. The molecule has 0 aromatic carbocycles. The third kappa shape index (κ3) is 17.1. The molecule has 0 aromatic rings. The van der Waals surface area contributed by atoms with E-state index in [0.717, 1.165) is 81.0 Å². The van der Waals surface area contributed by atoms with Crippen LogP contribution >= 0.6 is 0 Å². The predicted octanol–water partition coefficient (Wildman–Crippen LogP) is 14.9. The Morgan fingerprint density at radius 1 is 0.778 bits per heavy atom. The second-order valence-corrected chi connectivity index (χ2v) is 22.6. The summed E-state index contributed by atoms with van der Waals surface area (Å²) in [5.41, 5.74) is 2.44. The van der Waals surface area contributed by atoms with Gasteiger partial charge in [-0.25, -0.2) is 4.79 Å². The first kappa shape index (κ1) is 52.8. The number of carbonyl (C=O) groups excluding carboxylic acids is 1. The van der Waals surface area contributed by atoms with E-state index in [1.54, 1.807) is 5.57 Å². The van der Waals surface area contributed by atoms with Crippen molar-refractivity contribution in [3.63, 3.8) is 0 Å². The number of fused-ring (bicyclic) bond motifs is 5. The average Bonchev–Trinajstić information content (AvgIpc) is 3.64. The molecule has 0 radical (unpaired) electrons. The summed E-state index contributed by atoms with van der Waals surface area (Å²) in [6.45, 7) is 20.2. The number of rotatable bonds is 32. The van der Waals surface area contributed by atoms with Gasteiger partial charge in [0.25, 0.3) is 0 Å². The number of hydrogen-bond acceptors (Lipinski definition) is 6. The normalized spacial score (nSPS) is 29.6. The highest BCUT2D eigenvalue weighted by Gasteiger charge is 2.59. The van der Waals surface area contributed by atoms with Crippen molar-refractivity contribution in [2.24, 2.45) is 46.3 Å². The van der Waals surface area contributed by atoms with Crippen LogP contribution in [0.25, 0.3) is 0 Å². The maximum Gasteiger partial charge on any atom is 0.332 e. The smallest absolute Gasteiger partial charge is 0.332 e. The van der Waals surface area contributed by atoms with Gasteiger partial charge in [0.15, 0.2) is 0 Å². The van der Waals surface area contributed by atoms with Crippen molar-refractivity contribution in [1.82, 2.24) is 4.90 Å². The van der Waals surface area contributed by atoms with E-state index in [2.05, 4.69) is 64.7 Å². The Balaban J connectivity index is 0.928. The molecule has 6 nitrogen and oxygen atoms in total. The molecule has 5 aliphatic rings. The van der Waals surface area contributed by atoms with Gasteiger partial charge in [0.2, 0.25) is 0 Å². The van der Waals surface area contributed by atoms with E-state index in [1.807, 2.05) is 0 Å². The van der Waals surface area contributed by atoms with Crippen LogP contribution in [0.15, 0.2) is 23.8 Å². The highest BCUT2D eigenvalue weighted by Crippen LogP contribution is 2.67. The first-order chi connectivity index (χ1) is 30.6. The maximum absolute atomic E-state index is 12.9. The van der Waals surface area contributed by atoms with Gasteiger partial charge in [-0.2, -0.15) is 0 Å². The van der Waals surface area contributed by atoms with Crippen LogP contribution in [-0.4, -0.2) is 75.7 Å². The van der Waals surface area contributed by atoms with E-state index in [-0.39, 0.29) is 31.4 Å². The summed E-state index contributed by atoms with van der Waals surface area (Å²) in [5, 5.41) is 0. The highest BCUT2D eigenvalue weighted by atomic mass is 16.6. The minimum atomic E-state index is -0.269. The van der Waals surface area contributed by atoms with Gasteiger partial charge in [-0.15, -0.1) is 0 Å². The fraction of sp³-hybridized carbons (Fsp3) is 0.912. The largest absolute Gasteiger partial charge is 0.462 e. The Kier molecular flexibility index (Phi) is 24.2. The molecule has 1 unspecified atom stereocenters. The average molecular weight is 880 g/mol. The summed E-state index contributed by atoms with van der Waals surface area (Å²) in [6, 6.07) is 0. The van der Waals surface area contributed by atoms with Gasteiger partial charge in [0.05, 0.1) is 25.4 Å². The fourth-order valence-electron chi connectivity index (χ4n) is 13.6. The minimum Gasteiger partial charge on any atom is -0.462 e. The van der Waals surface area contributed by atoms with E-state index >= 15 is 0 Å². The van der Waals surface area contributed by atoms with Crippen LogP contribution in [0.5, 0.6) is 0 Å². The van der Waals surface area contributed by atoms with Crippen LogP contribution in [0.4, 0.5) is 0 Å². The molecule has 0 amide bonds. The minimum absolute atomic E-state index is 0.00297. The Hall–Kier alpha value is -1.21. The molecule has 3 saturated carbocycles. The number of hydrogen-bond donors (Lipinski definition) is 0. The van der Waals surface area contributed by atoms with Gasteiger partial charge in [0.1, 0.15) is 13.2 Å². The first-order valence-corrected chi connectivity index (χ1v) is 27.7. The van der Waals surface area contributed by atoms with Gasteiger partial charge in [0, 0.05) is 13.2 Å². The van der Waals surface area contributed by atoms with Crippen LogP contribution in [-0.2, 0) is 23.7 Å². The standard InChI is InChI=1S/C57H101NO5/c1-7-8-9-10-11-12-13-14-15-16-17-18-19-20-21-25-39-60-44-50(43-58-37-23-22-24-38-58)61-40-41-62-55(59)45-63-49-33-35-56(5)48(42-49)29-30-51-53-32-31-52(47(4)28-26-27-46(2)3)57(53,6)36-34-54(51)56/h14-15,29,46-47,49-54H,7-13,16-28,30-45H2,1-6H3/b15-14-/t47-,49+,50?,51+,52+,53-,54+,56+,57-/m1/s1. The SMILES string of the molecule is CCCCCCCC/C=C\CCCCCCCCOCC(CN1CCCCC1)OCCOC(=O)CO[C@H]1CC[C@@]2(C)C(=CC[C@H]3[C@H]4CC[C@@H]([C@H](C)CCCC(C)C)[C@@]4(C)CC[C@@H]32)C1. The van der Waals surface area contributed by atoms with Crippen molar-refractivity contribution in [3.8, 4) is 0 Å². The lowest BCUT2D eigenvalue weighted by Gasteiger charge is -2.58. The van der Waals surface area contributed by atoms with Gasteiger partial charge >= 0.3 is 5.97 Å². The lowest BCUT2D eigenvalue weighted by molar-refractivity contribution is -0.154. The molecule has 0 aromatic heterocycles. The van der Waals surface area contributed by atoms with E-state index in [9.17, 15) is 4.79 Å². The van der Waals surface area contributed by atoms with E-state index in [1.165, 1.54) is 161 Å². The van der Waals surface area contributed by atoms with Gasteiger partial charge < -0.3 is 23.8 Å². The van der Waals surface area contributed by atoms with Gasteiger partial charge in [-0.3, -0.25) is 0 Å². The molecule has 63 heavy (non-hydrogen) atoms. The molecule has 0 spiro atoms. The number of carbonyl (C=O) groups is 1. The molecule has 1 saturated heterocycles. The van der Waals surface area contributed by atoms with Crippen molar-refractivity contribution in [2.45, 2.75) is 234 Å². The van der Waals surface area contributed by atoms with Crippen molar-refractivity contribution < 1.29 is 23.7 Å². The summed E-state index contributed by atoms with van der Waals surface area (Å²) in [7, 11) is 0. The molecule has 6 heteroatoms. The third-order valence-corrected chi connectivity index (χ3v) is 17.4. The Bertz CT molecular complexity index is 1310.